The molecule has 0 unspecified atom stereocenters. The second-order valence-corrected chi connectivity index (χ2v) is 19.3. The van der Waals surface area contributed by atoms with Crippen molar-refractivity contribution in [3.05, 3.63) is 65.5 Å². The van der Waals surface area contributed by atoms with Crippen LogP contribution in [0.4, 0.5) is 18.9 Å². The molecule has 1 fully saturated rings. The highest BCUT2D eigenvalue weighted by Crippen LogP contribution is 2.36. The number of nitrogens with one attached hydrogen (secondary N) is 5. The fourth-order valence-corrected chi connectivity index (χ4v) is 8.96. The smallest absolute Gasteiger partial charge is 0.434 e. The van der Waals surface area contributed by atoms with E-state index in [0.29, 0.717) is 104 Å². The van der Waals surface area contributed by atoms with Crippen LogP contribution >= 0.6 is 0 Å². The number of hydrogen-bond donors (Lipinski definition) is 8. The molecular weight excluding hydrogens is 1110 g/mol. The number of carboxylic acid groups (broad SMARTS) is 3. The minimum absolute atomic E-state index is 0.00721. The molecule has 1 atom stereocenters. The van der Waals surface area contributed by atoms with Crippen molar-refractivity contribution in [1.82, 2.24) is 51.3 Å². The van der Waals surface area contributed by atoms with Crippen LogP contribution in [0.25, 0.3) is 11.1 Å². The van der Waals surface area contributed by atoms with Crippen molar-refractivity contribution >= 4 is 35.4 Å². The standard InChI is InChI=1S/C56H86F3N11O14/c1-4-44-39-69(55(78)46-11-13-49(83-5-2)66-53(46)56(57,58)59)25-26-70(44)47-12-10-42(45-9-7-15-65-54(45)84-6-3)35-43(47)36-61-17-16-60-14-8-27-79-29-31-81-33-34-82-32-30-80-28-20-64-48(71)37-62-18-21-67(40-51(74)75)23-24-68(41-52(76)77)22-19-63-38-50(72)73/h7,9-13,15,35,44,60-63H,4-6,8,14,16-34,36-41H2,1-3H3,(H,64,71)(H,72,73)(H,74,75)(H,76,77)/t44-/m1/s1. The molecule has 3 heterocycles. The van der Waals surface area contributed by atoms with Crippen LogP contribution in [-0.2, 0) is 50.8 Å². The summed E-state index contributed by atoms with van der Waals surface area (Å²) in [5, 5.41) is 42.7. The summed E-state index contributed by atoms with van der Waals surface area (Å²) >= 11 is 0. The normalized spacial score (nSPS) is 13.6. The van der Waals surface area contributed by atoms with Crippen molar-refractivity contribution in [2.75, 3.05) is 182 Å². The van der Waals surface area contributed by atoms with Gasteiger partial charge in [-0.25, -0.2) is 9.97 Å². The fraction of sp³-hybridized carbons (Fsp3) is 0.625. The number of carbonyl (C=O) groups excluding carboxylic acids is 2. The zero-order valence-electron chi connectivity index (χ0n) is 48.6. The van der Waals surface area contributed by atoms with Gasteiger partial charge in [-0.3, -0.25) is 33.8 Å². The average molecular weight is 1190 g/mol. The number of hydrogen-bond acceptors (Lipinski definition) is 20. The number of halogens is 3. The third-order valence-corrected chi connectivity index (χ3v) is 13.0. The maximum Gasteiger partial charge on any atom is 0.434 e. The zero-order chi connectivity index (χ0) is 61.0. The first kappa shape index (κ1) is 70.1. The van der Waals surface area contributed by atoms with Crippen molar-refractivity contribution in [2.45, 2.75) is 52.4 Å². The highest BCUT2D eigenvalue weighted by Gasteiger charge is 2.40. The first-order valence-electron chi connectivity index (χ1n) is 28.5. The lowest BCUT2D eigenvalue weighted by Crippen LogP contribution is -2.55. The maximum atomic E-state index is 14.2. The molecule has 1 aliphatic rings. The van der Waals surface area contributed by atoms with Gasteiger partial charge in [0.05, 0.1) is 91.2 Å². The van der Waals surface area contributed by atoms with Gasteiger partial charge in [0.2, 0.25) is 17.7 Å². The minimum Gasteiger partial charge on any atom is -0.480 e. The van der Waals surface area contributed by atoms with Crippen molar-refractivity contribution in [2.24, 2.45) is 0 Å². The second-order valence-electron chi connectivity index (χ2n) is 19.3. The van der Waals surface area contributed by atoms with Gasteiger partial charge in [-0.2, -0.15) is 13.2 Å². The Morgan fingerprint density at radius 2 is 1.31 bits per heavy atom. The van der Waals surface area contributed by atoms with Crippen LogP contribution < -0.4 is 41.0 Å². The Morgan fingerprint density at radius 3 is 1.93 bits per heavy atom. The number of pyridine rings is 2. The number of nitrogens with zero attached hydrogens (tertiary/aromatic N) is 6. The van der Waals surface area contributed by atoms with E-state index in [4.69, 9.17) is 33.5 Å². The number of amides is 2. The Morgan fingerprint density at radius 1 is 0.679 bits per heavy atom. The molecule has 8 N–H and O–H groups in total. The molecule has 0 radical (unpaired) electrons. The Balaban J connectivity index is 1.05. The Hall–Kier alpha value is -6.34. The SMILES string of the molecule is CCOc1ccc(C(=O)N2CCN(c3ccc(-c4cccnc4OCC)cc3CNCCNCCCOCCOCCOCCOCCNC(=O)CNCCN(CCN(CCNCC(=O)O)CC(=O)O)CC(=O)O)[C@H](CC)C2)c(C(F)(F)F)n1. The lowest BCUT2D eigenvalue weighted by atomic mass is 9.99. The molecular formula is C56H86F3N11O14. The first-order chi connectivity index (χ1) is 40.5. The van der Waals surface area contributed by atoms with E-state index in [-0.39, 0.29) is 103 Å². The van der Waals surface area contributed by atoms with E-state index in [2.05, 4.69) is 53.6 Å². The van der Waals surface area contributed by atoms with Gasteiger partial charge in [-0.1, -0.05) is 13.0 Å². The van der Waals surface area contributed by atoms with Gasteiger partial charge in [0.15, 0.2) is 5.69 Å². The van der Waals surface area contributed by atoms with Crippen LogP contribution in [0.15, 0.2) is 48.7 Å². The Labute approximate surface area is 489 Å². The molecule has 4 rings (SSSR count). The summed E-state index contributed by atoms with van der Waals surface area (Å²) < 4.78 is 75.9. The second kappa shape index (κ2) is 40.1. The monoisotopic (exact) mass is 1190 g/mol. The molecule has 28 heteroatoms. The molecule has 0 bridgehead atoms. The number of anilines is 1. The molecule has 1 saturated heterocycles. The van der Waals surface area contributed by atoms with Gasteiger partial charge < -0.3 is 80.1 Å². The number of aromatic nitrogens is 2. The van der Waals surface area contributed by atoms with Gasteiger partial charge in [0.1, 0.15) is 0 Å². The average Bonchev–Trinajstić information content (AvgIpc) is 1.92. The van der Waals surface area contributed by atoms with E-state index in [1.165, 1.54) is 11.0 Å². The predicted molar refractivity (Wildman–Crippen MR) is 306 cm³/mol. The van der Waals surface area contributed by atoms with Gasteiger partial charge >= 0.3 is 24.1 Å². The van der Waals surface area contributed by atoms with Crippen LogP contribution in [0.3, 0.4) is 0 Å². The quantitative estimate of drug-likeness (QED) is 0.0375. The molecule has 2 aromatic heterocycles. The molecule has 3 aromatic rings. The molecule has 0 saturated carbocycles. The summed E-state index contributed by atoms with van der Waals surface area (Å²) in [7, 11) is 0. The van der Waals surface area contributed by atoms with E-state index in [1.54, 1.807) is 22.9 Å². The summed E-state index contributed by atoms with van der Waals surface area (Å²) in [6.45, 7) is 13.9. The molecule has 470 valence electrons. The van der Waals surface area contributed by atoms with E-state index in [9.17, 15) is 47.4 Å². The van der Waals surface area contributed by atoms with Gasteiger partial charge in [-0.15, -0.1) is 0 Å². The summed E-state index contributed by atoms with van der Waals surface area (Å²) in [5.74, 6) is -3.79. The Kier molecular flexibility index (Phi) is 33.5. The minimum atomic E-state index is -4.84. The largest absolute Gasteiger partial charge is 0.480 e. The molecule has 2 amide bonds. The number of piperazine rings is 1. The van der Waals surface area contributed by atoms with Crippen LogP contribution in [0.5, 0.6) is 11.8 Å². The fourth-order valence-electron chi connectivity index (χ4n) is 8.96. The maximum absolute atomic E-state index is 14.2. The number of rotatable bonds is 46. The van der Waals surface area contributed by atoms with Crippen molar-refractivity contribution in [3.8, 4) is 22.9 Å². The summed E-state index contributed by atoms with van der Waals surface area (Å²) in [5.41, 5.74) is 1.98. The van der Waals surface area contributed by atoms with E-state index >= 15 is 0 Å². The highest BCUT2D eigenvalue weighted by molar-refractivity contribution is 5.96. The van der Waals surface area contributed by atoms with Crippen molar-refractivity contribution < 1.29 is 80.9 Å². The van der Waals surface area contributed by atoms with E-state index < -0.39 is 41.2 Å². The van der Waals surface area contributed by atoms with E-state index in [1.807, 2.05) is 32.0 Å². The number of ether oxygens (including phenoxy) is 6. The Bertz CT molecular complexity index is 2430. The molecule has 1 aromatic carbocycles. The van der Waals surface area contributed by atoms with E-state index in [0.717, 1.165) is 41.4 Å². The number of carbonyl (C=O) groups is 5. The summed E-state index contributed by atoms with van der Waals surface area (Å²) in [6, 6.07) is 12.3. The first-order valence-corrected chi connectivity index (χ1v) is 28.5. The van der Waals surface area contributed by atoms with Gasteiger partial charge in [0.25, 0.3) is 5.91 Å². The van der Waals surface area contributed by atoms with Gasteiger partial charge in [-0.05, 0) is 74.7 Å². The summed E-state index contributed by atoms with van der Waals surface area (Å²) in [6.07, 6.45) is -1.71. The zero-order valence-corrected chi connectivity index (χ0v) is 48.6. The lowest BCUT2D eigenvalue weighted by molar-refractivity contribution is -0.142. The van der Waals surface area contributed by atoms with Crippen molar-refractivity contribution in [3.63, 3.8) is 0 Å². The van der Waals surface area contributed by atoms with Gasteiger partial charge in [0, 0.05) is 121 Å². The predicted octanol–water partition coefficient (Wildman–Crippen LogP) is 1.99. The topological polar surface area (TPSA) is 300 Å². The van der Waals surface area contributed by atoms with Crippen LogP contribution in [0, 0.1) is 0 Å². The highest BCUT2D eigenvalue weighted by atomic mass is 19.4. The third-order valence-electron chi connectivity index (χ3n) is 13.0. The summed E-state index contributed by atoms with van der Waals surface area (Å²) in [4.78, 5) is 74.4. The van der Waals surface area contributed by atoms with Crippen molar-refractivity contribution in [1.29, 1.82) is 0 Å². The third kappa shape index (κ3) is 27.1. The number of aliphatic carboxylic acids is 3. The number of benzene rings is 1. The molecule has 0 aliphatic carbocycles. The van der Waals surface area contributed by atoms with Crippen LogP contribution in [-0.4, -0.2) is 253 Å². The van der Waals surface area contributed by atoms with Crippen LogP contribution in [0.2, 0.25) is 0 Å². The molecule has 84 heavy (non-hydrogen) atoms. The number of carboxylic acids is 3. The van der Waals surface area contributed by atoms with Crippen LogP contribution in [0.1, 0.15) is 55.2 Å². The molecule has 1 aliphatic heterocycles. The number of alkyl halides is 3. The lowest BCUT2D eigenvalue weighted by Gasteiger charge is -2.43. The molecule has 0 spiro atoms. The molecule has 25 nitrogen and oxygen atoms in total.